The Morgan fingerprint density at radius 1 is 1.06 bits per heavy atom. The number of rotatable bonds is 6. The van der Waals surface area contributed by atoms with E-state index in [4.69, 9.17) is 0 Å². The van der Waals surface area contributed by atoms with Gasteiger partial charge in [0.15, 0.2) is 0 Å². The van der Waals surface area contributed by atoms with Crippen LogP contribution in [0.2, 0.25) is 0 Å². The molecule has 1 heterocycles. The molecule has 1 aromatic rings. The molecule has 0 amide bonds. The molecule has 1 aromatic heterocycles. The standard InChI is InChI=1S/C14H25N3/c1-10(2)6-7-11(3)17-13(5)14-12(4)15-8-9-16-14/h8-11,13,17H,6-7H2,1-5H3. The molecule has 3 heteroatoms. The summed E-state index contributed by atoms with van der Waals surface area (Å²) >= 11 is 0. The van der Waals surface area contributed by atoms with Gasteiger partial charge in [-0.15, -0.1) is 0 Å². The van der Waals surface area contributed by atoms with Crippen LogP contribution in [0.1, 0.15) is 58.0 Å². The fourth-order valence-corrected chi connectivity index (χ4v) is 2.02. The molecule has 0 aromatic carbocycles. The number of aryl methyl sites for hydroxylation is 1. The maximum Gasteiger partial charge on any atom is 0.0782 e. The highest BCUT2D eigenvalue weighted by Gasteiger charge is 2.13. The predicted molar refractivity (Wildman–Crippen MR) is 71.9 cm³/mol. The minimum Gasteiger partial charge on any atom is -0.306 e. The number of hydrogen-bond acceptors (Lipinski definition) is 3. The number of hydrogen-bond donors (Lipinski definition) is 1. The maximum absolute atomic E-state index is 4.40. The smallest absolute Gasteiger partial charge is 0.0782 e. The average molecular weight is 235 g/mol. The second kappa shape index (κ2) is 6.70. The number of nitrogens with one attached hydrogen (secondary N) is 1. The van der Waals surface area contributed by atoms with Gasteiger partial charge in [-0.2, -0.15) is 0 Å². The fraction of sp³-hybridized carbons (Fsp3) is 0.714. The largest absolute Gasteiger partial charge is 0.306 e. The summed E-state index contributed by atoms with van der Waals surface area (Å²) in [6.45, 7) is 10.9. The molecule has 1 N–H and O–H groups in total. The molecule has 17 heavy (non-hydrogen) atoms. The predicted octanol–water partition coefficient (Wildman–Crippen LogP) is 3.26. The first-order valence-electron chi connectivity index (χ1n) is 6.54. The van der Waals surface area contributed by atoms with Crippen molar-refractivity contribution < 1.29 is 0 Å². The summed E-state index contributed by atoms with van der Waals surface area (Å²) in [7, 11) is 0. The summed E-state index contributed by atoms with van der Waals surface area (Å²) in [5, 5.41) is 3.59. The lowest BCUT2D eigenvalue weighted by Crippen LogP contribution is -2.30. The van der Waals surface area contributed by atoms with Crippen LogP contribution in [0.3, 0.4) is 0 Å². The van der Waals surface area contributed by atoms with Gasteiger partial charge in [-0.1, -0.05) is 13.8 Å². The minimum atomic E-state index is 0.269. The minimum absolute atomic E-state index is 0.269. The first-order valence-corrected chi connectivity index (χ1v) is 6.54. The van der Waals surface area contributed by atoms with Gasteiger partial charge in [-0.25, -0.2) is 0 Å². The van der Waals surface area contributed by atoms with Crippen LogP contribution in [0.5, 0.6) is 0 Å². The van der Waals surface area contributed by atoms with E-state index in [0.29, 0.717) is 6.04 Å². The lowest BCUT2D eigenvalue weighted by atomic mass is 10.0. The highest BCUT2D eigenvalue weighted by molar-refractivity contribution is 5.12. The normalized spacial score (nSPS) is 14.9. The first-order chi connectivity index (χ1) is 8.00. The zero-order valence-corrected chi connectivity index (χ0v) is 11.7. The van der Waals surface area contributed by atoms with E-state index in [1.807, 2.05) is 6.92 Å². The molecule has 96 valence electrons. The Labute approximate surface area is 105 Å². The zero-order chi connectivity index (χ0) is 12.8. The monoisotopic (exact) mass is 235 g/mol. The van der Waals surface area contributed by atoms with Crippen LogP contribution in [0.4, 0.5) is 0 Å². The SMILES string of the molecule is Cc1nccnc1C(C)NC(C)CCC(C)C. The Morgan fingerprint density at radius 2 is 1.71 bits per heavy atom. The van der Waals surface area contributed by atoms with E-state index in [1.165, 1.54) is 12.8 Å². The third-order valence-corrected chi connectivity index (χ3v) is 3.04. The zero-order valence-electron chi connectivity index (χ0n) is 11.7. The Balaban J connectivity index is 2.49. The quantitative estimate of drug-likeness (QED) is 0.822. The lowest BCUT2D eigenvalue weighted by Gasteiger charge is -2.21. The van der Waals surface area contributed by atoms with Crippen LogP contribution >= 0.6 is 0 Å². The molecule has 0 saturated heterocycles. The molecule has 2 unspecified atom stereocenters. The molecule has 0 spiro atoms. The van der Waals surface area contributed by atoms with Gasteiger partial charge < -0.3 is 5.32 Å². The Morgan fingerprint density at radius 3 is 2.29 bits per heavy atom. The van der Waals surface area contributed by atoms with E-state index >= 15 is 0 Å². The van der Waals surface area contributed by atoms with Gasteiger partial charge in [0.1, 0.15) is 0 Å². The molecule has 2 atom stereocenters. The van der Waals surface area contributed by atoms with Crippen LogP contribution in [0.15, 0.2) is 12.4 Å². The Kier molecular flexibility index (Phi) is 5.56. The average Bonchev–Trinajstić information content (AvgIpc) is 2.26. The van der Waals surface area contributed by atoms with Crippen LogP contribution < -0.4 is 5.32 Å². The molecular formula is C14H25N3. The summed E-state index contributed by atoms with van der Waals surface area (Å²) in [5.74, 6) is 0.771. The van der Waals surface area contributed by atoms with E-state index in [9.17, 15) is 0 Å². The number of aromatic nitrogens is 2. The van der Waals surface area contributed by atoms with Gasteiger partial charge >= 0.3 is 0 Å². The molecule has 0 saturated carbocycles. The van der Waals surface area contributed by atoms with E-state index < -0.39 is 0 Å². The molecule has 3 nitrogen and oxygen atoms in total. The number of nitrogens with zero attached hydrogens (tertiary/aromatic N) is 2. The summed E-state index contributed by atoms with van der Waals surface area (Å²) in [6, 6.07) is 0.791. The van der Waals surface area contributed by atoms with Crippen LogP contribution in [-0.4, -0.2) is 16.0 Å². The maximum atomic E-state index is 4.40. The van der Waals surface area contributed by atoms with Crippen LogP contribution in [-0.2, 0) is 0 Å². The molecule has 1 rings (SSSR count). The molecule has 0 aliphatic carbocycles. The summed E-state index contributed by atoms with van der Waals surface area (Å²) in [5.41, 5.74) is 2.08. The summed E-state index contributed by atoms with van der Waals surface area (Å²) < 4.78 is 0. The van der Waals surface area contributed by atoms with Crippen molar-refractivity contribution in [3.8, 4) is 0 Å². The van der Waals surface area contributed by atoms with Crippen molar-refractivity contribution in [2.75, 3.05) is 0 Å². The van der Waals surface area contributed by atoms with Gasteiger partial charge in [0.2, 0.25) is 0 Å². The van der Waals surface area contributed by atoms with Crippen LogP contribution in [0, 0.1) is 12.8 Å². The molecule has 0 aliphatic rings. The summed E-state index contributed by atoms with van der Waals surface area (Å²) in [6.07, 6.45) is 5.98. The van der Waals surface area contributed by atoms with Gasteiger partial charge in [-0.05, 0) is 39.5 Å². The third kappa shape index (κ3) is 4.82. The molecule has 0 fully saturated rings. The first kappa shape index (κ1) is 14.1. The fourth-order valence-electron chi connectivity index (χ4n) is 2.02. The lowest BCUT2D eigenvalue weighted by molar-refractivity contribution is 0.412. The van der Waals surface area contributed by atoms with Gasteiger partial charge in [0.25, 0.3) is 0 Å². The second-order valence-corrected chi connectivity index (χ2v) is 5.29. The topological polar surface area (TPSA) is 37.8 Å². The van der Waals surface area contributed by atoms with Gasteiger partial charge in [0.05, 0.1) is 11.4 Å². The molecule has 0 aliphatic heterocycles. The van der Waals surface area contributed by atoms with E-state index in [-0.39, 0.29) is 6.04 Å². The van der Waals surface area contributed by atoms with Crippen LogP contribution in [0.25, 0.3) is 0 Å². The second-order valence-electron chi connectivity index (χ2n) is 5.29. The molecular weight excluding hydrogens is 210 g/mol. The van der Waals surface area contributed by atoms with E-state index in [2.05, 4.69) is 43.0 Å². The van der Waals surface area contributed by atoms with Crippen molar-refractivity contribution in [1.82, 2.24) is 15.3 Å². The molecule has 0 bridgehead atoms. The highest BCUT2D eigenvalue weighted by Crippen LogP contribution is 2.14. The van der Waals surface area contributed by atoms with Gasteiger partial charge in [-0.3, -0.25) is 9.97 Å². The van der Waals surface area contributed by atoms with E-state index in [1.54, 1.807) is 12.4 Å². The third-order valence-electron chi connectivity index (χ3n) is 3.04. The van der Waals surface area contributed by atoms with Gasteiger partial charge in [0, 0.05) is 24.5 Å². The van der Waals surface area contributed by atoms with Crippen molar-refractivity contribution in [2.24, 2.45) is 5.92 Å². The highest BCUT2D eigenvalue weighted by atomic mass is 15.0. The van der Waals surface area contributed by atoms with Crippen molar-refractivity contribution in [1.29, 1.82) is 0 Å². The van der Waals surface area contributed by atoms with Crippen molar-refractivity contribution >= 4 is 0 Å². The van der Waals surface area contributed by atoms with Crippen molar-refractivity contribution in [3.05, 3.63) is 23.8 Å². The molecule has 0 radical (unpaired) electrons. The van der Waals surface area contributed by atoms with E-state index in [0.717, 1.165) is 17.3 Å². The Hall–Kier alpha value is -0.960. The van der Waals surface area contributed by atoms with Crippen molar-refractivity contribution in [3.63, 3.8) is 0 Å². The van der Waals surface area contributed by atoms with Crippen molar-refractivity contribution in [2.45, 2.75) is 59.5 Å². The Bertz CT molecular complexity index is 336. The summed E-state index contributed by atoms with van der Waals surface area (Å²) in [4.78, 5) is 8.68.